The second-order valence-electron chi connectivity index (χ2n) is 6.73. The second kappa shape index (κ2) is 6.96. The van der Waals surface area contributed by atoms with E-state index in [9.17, 15) is 18.3 Å². The molecule has 0 radical (unpaired) electrons. The van der Waals surface area contributed by atoms with Crippen molar-refractivity contribution >= 4 is 32.6 Å². The van der Waals surface area contributed by atoms with E-state index in [-0.39, 0.29) is 10.7 Å². The number of nitrogens with zero attached hydrogens (tertiary/aromatic N) is 2. The Morgan fingerprint density at radius 3 is 2.36 bits per heavy atom. The topological polar surface area (TPSA) is 93.9 Å². The Bertz CT molecular complexity index is 1130. The molecule has 1 aromatic heterocycles. The highest BCUT2D eigenvalue weighted by Crippen LogP contribution is 2.29. The number of carboxylic acids is 1. The number of anilines is 1. The number of furan rings is 1. The molecule has 3 aromatic rings. The van der Waals surface area contributed by atoms with Crippen LogP contribution in [-0.2, 0) is 10.0 Å². The molecule has 0 atom stereocenters. The van der Waals surface area contributed by atoms with Gasteiger partial charge in [0.2, 0.25) is 10.0 Å². The van der Waals surface area contributed by atoms with Gasteiger partial charge in [-0.25, -0.2) is 8.42 Å². The van der Waals surface area contributed by atoms with Crippen molar-refractivity contribution in [2.45, 2.75) is 11.8 Å². The molecule has 4 rings (SSSR count). The highest BCUT2D eigenvalue weighted by Gasteiger charge is 2.29. The van der Waals surface area contributed by atoms with Crippen LogP contribution in [0.2, 0.25) is 0 Å². The number of carboxylic acid groups (broad SMARTS) is 1. The van der Waals surface area contributed by atoms with E-state index in [1.165, 1.54) is 22.5 Å². The number of carbonyl (C=O) groups is 1. The van der Waals surface area contributed by atoms with Crippen LogP contribution in [0.25, 0.3) is 11.0 Å². The number of hydrogen-bond donors (Lipinski definition) is 0. The number of aromatic carboxylic acids is 1. The first-order valence-electron chi connectivity index (χ1n) is 8.92. The zero-order chi connectivity index (χ0) is 19.9. The number of benzene rings is 2. The Balaban J connectivity index is 1.59. The zero-order valence-corrected chi connectivity index (χ0v) is 16.1. The normalized spacial score (nSPS) is 15.8. The number of aryl methyl sites for hydroxylation is 1. The van der Waals surface area contributed by atoms with E-state index >= 15 is 0 Å². The van der Waals surface area contributed by atoms with Crippen LogP contribution in [-0.4, -0.2) is 44.9 Å². The fourth-order valence-corrected chi connectivity index (χ4v) is 4.98. The van der Waals surface area contributed by atoms with Crippen LogP contribution in [0.5, 0.6) is 0 Å². The molecule has 7 nitrogen and oxygen atoms in total. The zero-order valence-electron chi connectivity index (χ0n) is 15.3. The summed E-state index contributed by atoms with van der Waals surface area (Å²) in [6.45, 7) is 3.54. The first kappa shape index (κ1) is 18.5. The third-order valence-corrected chi connectivity index (χ3v) is 6.99. The molecule has 0 spiro atoms. The lowest BCUT2D eigenvalue weighted by Gasteiger charge is -2.35. The summed E-state index contributed by atoms with van der Waals surface area (Å²) in [6.07, 6.45) is 0. The molecule has 146 valence electrons. The summed E-state index contributed by atoms with van der Waals surface area (Å²) in [6, 6.07) is 14.3. The SMILES string of the molecule is Cc1c(C(=O)[O-])oc2ccc(S(=O)(=O)N3CCN(c4ccccc4)CC3)cc12. The Morgan fingerprint density at radius 1 is 1.04 bits per heavy atom. The molecule has 1 aliphatic heterocycles. The quantitative estimate of drug-likeness (QED) is 0.662. The molecule has 0 N–H and O–H groups in total. The highest BCUT2D eigenvalue weighted by molar-refractivity contribution is 7.89. The average molecular weight is 399 g/mol. The van der Waals surface area contributed by atoms with Crippen molar-refractivity contribution in [2.24, 2.45) is 0 Å². The Hall–Kier alpha value is -2.84. The van der Waals surface area contributed by atoms with Crippen LogP contribution in [0.1, 0.15) is 16.1 Å². The third-order valence-electron chi connectivity index (χ3n) is 5.09. The minimum atomic E-state index is -3.68. The van der Waals surface area contributed by atoms with Crippen molar-refractivity contribution in [2.75, 3.05) is 31.1 Å². The second-order valence-corrected chi connectivity index (χ2v) is 8.67. The van der Waals surface area contributed by atoms with Gasteiger partial charge in [-0.05, 0) is 37.3 Å². The predicted octanol–water partition coefficient (Wildman–Crippen LogP) is 1.62. The molecule has 0 aliphatic carbocycles. The van der Waals surface area contributed by atoms with E-state index in [0.717, 1.165) is 5.69 Å². The van der Waals surface area contributed by atoms with Gasteiger partial charge >= 0.3 is 0 Å². The van der Waals surface area contributed by atoms with Crippen LogP contribution in [0.15, 0.2) is 57.8 Å². The summed E-state index contributed by atoms with van der Waals surface area (Å²) < 4.78 is 32.9. The summed E-state index contributed by atoms with van der Waals surface area (Å²) >= 11 is 0. The molecule has 1 saturated heterocycles. The maximum Gasteiger partial charge on any atom is 0.243 e. The molecule has 2 aromatic carbocycles. The standard InChI is InChI=1S/C20H20N2O5S/c1-14-17-13-16(7-8-18(17)27-19(14)20(23)24)28(25,26)22-11-9-21(10-12-22)15-5-3-2-4-6-15/h2-8,13H,9-12H2,1H3,(H,23,24)/p-1. The molecule has 28 heavy (non-hydrogen) atoms. The van der Waals surface area contributed by atoms with Crippen molar-refractivity contribution in [3.63, 3.8) is 0 Å². The maximum atomic E-state index is 13.1. The van der Waals surface area contributed by atoms with Gasteiger partial charge in [-0.1, -0.05) is 18.2 Å². The molecule has 2 heterocycles. The van der Waals surface area contributed by atoms with Gasteiger partial charge in [0.15, 0.2) is 5.76 Å². The Kier molecular flexibility index (Phi) is 4.60. The van der Waals surface area contributed by atoms with Gasteiger partial charge in [-0.15, -0.1) is 0 Å². The van der Waals surface area contributed by atoms with Crippen molar-refractivity contribution in [1.29, 1.82) is 0 Å². The summed E-state index contributed by atoms with van der Waals surface area (Å²) in [5, 5.41) is 11.6. The van der Waals surface area contributed by atoms with E-state index in [1.54, 1.807) is 6.92 Å². The summed E-state index contributed by atoms with van der Waals surface area (Å²) in [5.74, 6) is -1.70. The van der Waals surface area contributed by atoms with E-state index in [0.29, 0.717) is 42.7 Å². The average Bonchev–Trinajstić information content (AvgIpc) is 3.05. The number of rotatable bonds is 4. The smallest absolute Gasteiger partial charge is 0.243 e. The summed E-state index contributed by atoms with van der Waals surface area (Å²) in [7, 11) is -3.68. The Morgan fingerprint density at radius 2 is 1.71 bits per heavy atom. The Labute approximate surface area is 162 Å². The number of hydrogen-bond acceptors (Lipinski definition) is 6. The fraction of sp³-hybridized carbons (Fsp3) is 0.250. The summed E-state index contributed by atoms with van der Waals surface area (Å²) in [5.41, 5.74) is 1.76. The van der Waals surface area contributed by atoms with Crippen molar-refractivity contribution in [1.82, 2.24) is 4.31 Å². The number of piperazine rings is 1. The van der Waals surface area contributed by atoms with E-state index in [1.807, 2.05) is 30.3 Å². The number of fused-ring (bicyclic) bond motifs is 1. The molecular formula is C20H19N2O5S-. The maximum absolute atomic E-state index is 13.1. The van der Waals surface area contributed by atoms with Gasteiger partial charge in [0.05, 0.1) is 4.90 Å². The van der Waals surface area contributed by atoms with Crippen molar-refractivity contribution < 1.29 is 22.7 Å². The highest BCUT2D eigenvalue weighted by atomic mass is 32.2. The van der Waals surface area contributed by atoms with Gasteiger partial charge in [0.1, 0.15) is 11.6 Å². The first-order chi connectivity index (χ1) is 13.4. The largest absolute Gasteiger partial charge is 0.542 e. The molecule has 1 fully saturated rings. The lowest BCUT2D eigenvalue weighted by Crippen LogP contribution is -2.48. The van der Waals surface area contributed by atoms with Crippen molar-refractivity contribution in [3.05, 3.63) is 59.9 Å². The van der Waals surface area contributed by atoms with E-state index in [2.05, 4.69) is 4.90 Å². The van der Waals surface area contributed by atoms with Gasteiger partial charge in [-0.2, -0.15) is 4.31 Å². The molecule has 0 saturated carbocycles. The predicted molar refractivity (Wildman–Crippen MR) is 103 cm³/mol. The number of sulfonamides is 1. The molecule has 0 amide bonds. The molecule has 1 aliphatic rings. The molecule has 0 unspecified atom stereocenters. The van der Waals surface area contributed by atoms with Crippen LogP contribution < -0.4 is 10.0 Å². The lowest BCUT2D eigenvalue weighted by molar-refractivity contribution is -0.257. The van der Waals surface area contributed by atoms with Gasteiger partial charge < -0.3 is 19.2 Å². The lowest BCUT2D eigenvalue weighted by atomic mass is 10.1. The first-order valence-corrected chi connectivity index (χ1v) is 10.4. The monoisotopic (exact) mass is 399 g/mol. The van der Waals surface area contributed by atoms with Crippen molar-refractivity contribution in [3.8, 4) is 0 Å². The minimum absolute atomic E-state index is 0.127. The molecule has 0 bridgehead atoms. The van der Waals surface area contributed by atoms with E-state index in [4.69, 9.17) is 4.42 Å². The van der Waals surface area contributed by atoms with Crippen LogP contribution >= 0.6 is 0 Å². The molecule has 8 heteroatoms. The van der Waals surface area contributed by atoms with E-state index < -0.39 is 16.0 Å². The number of para-hydroxylation sites is 1. The third kappa shape index (κ3) is 3.14. The van der Waals surface area contributed by atoms with Crippen LogP contribution in [0.4, 0.5) is 5.69 Å². The van der Waals surface area contributed by atoms with Crippen LogP contribution in [0.3, 0.4) is 0 Å². The van der Waals surface area contributed by atoms with Gasteiger partial charge in [0, 0.05) is 42.8 Å². The minimum Gasteiger partial charge on any atom is -0.542 e. The number of carbonyl (C=O) groups excluding carboxylic acids is 1. The van der Waals surface area contributed by atoms with Crippen LogP contribution in [0, 0.1) is 6.92 Å². The fourth-order valence-electron chi connectivity index (χ4n) is 3.53. The van der Waals surface area contributed by atoms with Gasteiger partial charge in [0.25, 0.3) is 0 Å². The van der Waals surface area contributed by atoms with Gasteiger partial charge in [-0.3, -0.25) is 0 Å². The summed E-state index contributed by atoms with van der Waals surface area (Å²) in [4.78, 5) is 13.4. The molecular weight excluding hydrogens is 380 g/mol.